The Bertz CT molecular complexity index is 1420. The van der Waals surface area contributed by atoms with Gasteiger partial charge in [-0.3, -0.25) is 0 Å². The molecule has 3 aromatic carbocycles. The van der Waals surface area contributed by atoms with Gasteiger partial charge in [-0.2, -0.15) is 0 Å². The van der Waals surface area contributed by atoms with Gasteiger partial charge < -0.3 is 9.88 Å². The molecule has 0 radical (unpaired) electrons. The summed E-state index contributed by atoms with van der Waals surface area (Å²) in [5.41, 5.74) is 6.55. The Morgan fingerprint density at radius 2 is 1.79 bits per heavy atom. The molecule has 0 amide bonds. The molecule has 0 aliphatic heterocycles. The smallest absolute Gasteiger partial charge is 0.0648 e. The van der Waals surface area contributed by atoms with Crippen LogP contribution in [0, 0.1) is 0 Å². The number of benzene rings is 3. The quantitative estimate of drug-likeness (QED) is 0.275. The molecule has 0 aliphatic rings. The van der Waals surface area contributed by atoms with E-state index in [4.69, 9.17) is 23.2 Å². The fraction of sp³-hybridized carbons (Fsp3) is 0.172. The Balaban J connectivity index is 1.98. The van der Waals surface area contributed by atoms with Crippen LogP contribution in [-0.2, 0) is 6.42 Å². The van der Waals surface area contributed by atoms with Crippen LogP contribution in [0.4, 0.5) is 5.69 Å². The zero-order chi connectivity index (χ0) is 23.5. The highest BCUT2D eigenvalue weighted by atomic mass is 35.5. The highest BCUT2D eigenvalue weighted by Gasteiger charge is 2.18. The van der Waals surface area contributed by atoms with Crippen molar-refractivity contribution in [3.8, 4) is 5.69 Å². The summed E-state index contributed by atoms with van der Waals surface area (Å²) < 4.78 is 2.28. The minimum absolute atomic E-state index is 0.698. The monoisotopic (exact) mass is 474 g/mol. The lowest BCUT2D eigenvalue weighted by Crippen LogP contribution is -1.99. The molecular weight excluding hydrogens is 447 g/mol. The van der Waals surface area contributed by atoms with E-state index in [-0.39, 0.29) is 0 Å². The van der Waals surface area contributed by atoms with E-state index in [0.29, 0.717) is 5.03 Å². The van der Waals surface area contributed by atoms with E-state index < -0.39 is 0 Å². The molecule has 1 aromatic heterocycles. The molecule has 0 saturated heterocycles. The standard InChI is InChI=1S/C29H28Cl2N2/c1-5-10-25(30)19(4)32-22-15-14-20-17-24-23(7-3)27(11-6-2)33(29(24)18-21(20)16-22)28-13-9-8-12-26(28)31/h5-6,8-18,32H,7H2,1-4H3/b10-5-,11-6-,25-19-. The molecule has 4 rings (SSSR count). The third-order valence-electron chi connectivity index (χ3n) is 5.85. The summed E-state index contributed by atoms with van der Waals surface area (Å²) in [7, 11) is 0. The van der Waals surface area contributed by atoms with Gasteiger partial charge in [0.05, 0.1) is 21.3 Å². The molecule has 0 aliphatic carbocycles. The maximum Gasteiger partial charge on any atom is 0.0648 e. The first-order chi connectivity index (χ1) is 16.0. The van der Waals surface area contributed by atoms with Crippen LogP contribution in [0.2, 0.25) is 5.02 Å². The van der Waals surface area contributed by atoms with Crippen LogP contribution in [0.15, 0.2) is 83.6 Å². The Kier molecular flexibility index (Phi) is 6.97. The molecule has 0 saturated carbocycles. The number of hydrogen-bond donors (Lipinski definition) is 1. The van der Waals surface area contributed by atoms with E-state index in [1.807, 2.05) is 44.2 Å². The molecule has 0 bridgehead atoms. The second-order valence-electron chi connectivity index (χ2n) is 8.03. The summed E-state index contributed by atoms with van der Waals surface area (Å²) in [6, 6.07) is 19.0. The summed E-state index contributed by atoms with van der Waals surface area (Å²) in [5.74, 6) is 0. The predicted octanol–water partition coefficient (Wildman–Crippen LogP) is 9.49. The molecule has 0 atom stereocenters. The largest absolute Gasteiger partial charge is 0.358 e. The van der Waals surface area contributed by atoms with Crippen molar-refractivity contribution in [1.82, 2.24) is 4.57 Å². The van der Waals surface area contributed by atoms with Gasteiger partial charge in [-0.25, -0.2) is 0 Å². The van der Waals surface area contributed by atoms with Crippen LogP contribution < -0.4 is 5.32 Å². The number of rotatable bonds is 6. The van der Waals surface area contributed by atoms with E-state index in [0.717, 1.165) is 39.4 Å². The van der Waals surface area contributed by atoms with Crippen molar-refractivity contribution >= 4 is 56.6 Å². The number of nitrogens with zero attached hydrogens (tertiary/aromatic N) is 1. The van der Waals surface area contributed by atoms with Crippen molar-refractivity contribution < 1.29 is 0 Å². The van der Waals surface area contributed by atoms with E-state index in [2.05, 4.69) is 72.3 Å². The molecule has 0 spiro atoms. The summed E-state index contributed by atoms with van der Waals surface area (Å²) >= 11 is 13.0. The van der Waals surface area contributed by atoms with Gasteiger partial charge in [0.2, 0.25) is 0 Å². The molecule has 33 heavy (non-hydrogen) atoms. The van der Waals surface area contributed by atoms with Crippen LogP contribution in [0.3, 0.4) is 0 Å². The van der Waals surface area contributed by atoms with Gasteiger partial charge in [0.25, 0.3) is 0 Å². The number of aromatic nitrogens is 1. The van der Waals surface area contributed by atoms with Gasteiger partial charge in [-0.05, 0) is 92.1 Å². The first-order valence-corrected chi connectivity index (χ1v) is 12.0. The van der Waals surface area contributed by atoms with Crippen LogP contribution in [0.25, 0.3) is 33.4 Å². The van der Waals surface area contributed by atoms with Gasteiger partial charge in [-0.15, -0.1) is 0 Å². The molecule has 2 nitrogen and oxygen atoms in total. The molecule has 168 valence electrons. The fourth-order valence-corrected chi connectivity index (χ4v) is 4.73. The zero-order valence-electron chi connectivity index (χ0n) is 19.4. The van der Waals surface area contributed by atoms with Crippen molar-refractivity contribution in [3.63, 3.8) is 0 Å². The van der Waals surface area contributed by atoms with Gasteiger partial charge in [-0.1, -0.05) is 60.5 Å². The van der Waals surface area contributed by atoms with E-state index >= 15 is 0 Å². The lowest BCUT2D eigenvalue weighted by atomic mass is 10.0. The second kappa shape index (κ2) is 9.91. The maximum atomic E-state index is 6.66. The predicted molar refractivity (Wildman–Crippen MR) is 147 cm³/mol. The Morgan fingerprint density at radius 3 is 2.48 bits per heavy atom. The minimum atomic E-state index is 0.698. The lowest BCUT2D eigenvalue weighted by molar-refractivity contribution is 1.06. The van der Waals surface area contributed by atoms with Gasteiger partial charge in [0.15, 0.2) is 0 Å². The molecule has 4 heteroatoms. The molecule has 0 unspecified atom stereocenters. The van der Waals surface area contributed by atoms with Gasteiger partial charge in [0, 0.05) is 22.5 Å². The second-order valence-corrected chi connectivity index (χ2v) is 8.85. The molecule has 0 fully saturated rings. The number of para-hydroxylation sites is 1. The minimum Gasteiger partial charge on any atom is -0.358 e. The summed E-state index contributed by atoms with van der Waals surface area (Å²) in [4.78, 5) is 0. The van der Waals surface area contributed by atoms with Crippen LogP contribution in [0.5, 0.6) is 0 Å². The van der Waals surface area contributed by atoms with Gasteiger partial charge in [0.1, 0.15) is 0 Å². The molecular formula is C29H28Cl2N2. The van der Waals surface area contributed by atoms with Crippen LogP contribution in [0.1, 0.15) is 39.0 Å². The summed E-state index contributed by atoms with van der Waals surface area (Å²) in [6.45, 7) is 8.20. The number of fused-ring (bicyclic) bond motifs is 2. The van der Waals surface area contributed by atoms with Crippen molar-refractivity contribution in [2.45, 2.75) is 34.1 Å². The highest BCUT2D eigenvalue weighted by Crippen LogP contribution is 2.36. The number of allylic oxidation sites excluding steroid dienone is 5. The number of halogens is 2. The number of aryl methyl sites for hydroxylation is 1. The van der Waals surface area contributed by atoms with Crippen molar-refractivity contribution in [2.24, 2.45) is 0 Å². The maximum absolute atomic E-state index is 6.66. The van der Waals surface area contributed by atoms with E-state index in [9.17, 15) is 0 Å². The Labute approximate surface area is 205 Å². The van der Waals surface area contributed by atoms with E-state index in [1.165, 1.54) is 22.0 Å². The van der Waals surface area contributed by atoms with Gasteiger partial charge >= 0.3 is 0 Å². The third kappa shape index (κ3) is 4.46. The average Bonchev–Trinajstić information content (AvgIpc) is 3.10. The van der Waals surface area contributed by atoms with Crippen molar-refractivity contribution in [3.05, 3.63) is 99.8 Å². The fourth-order valence-electron chi connectivity index (χ4n) is 4.34. The zero-order valence-corrected chi connectivity index (χ0v) is 20.9. The van der Waals surface area contributed by atoms with E-state index in [1.54, 1.807) is 0 Å². The molecule has 1 heterocycles. The highest BCUT2D eigenvalue weighted by molar-refractivity contribution is 6.32. The Hall–Kier alpha value is -2.94. The van der Waals surface area contributed by atoms with Crippen LogP contribution in [-0.4, -0.2) is 4.57 Å². The van der Waals surface area contributed by atoms with Crippen LogP contribution >= 0.6 is 23.2 Å². The number of nitrogens with one attached hydrogen (secondary N) is 1. The summed E-state index contributed by atoms with van der Waals surface area (Å²) in [6.07, 6.45) is 9.02. The molecule has 1 N–H and O–H groups in total. The van der Waals surface area contributed by atoms with Crippen molar-refractivity contribution in [1.29, 1.82) is 0 Å². The number of anilines is 1. The lowest BCUT2D eigenvalue weighted by Gasteiger charge is -2.12. The first-order valence-electron chi connectivity index (χ1n) is 11.2. The SMILES string of the molecule is C/C=C\C(Cl)=C(/C)Nc1ccc2cc3c(CC)c(/C=C\C)n(-c4ccccc4Cl)c3cc2c1. The average molecular weight is 475 g/mol. The summed E-state index contributed by atoms with van der Waals surface area (Å²) in [5, 5.41) is 8.47. The number of hydrogen-bond acceptors (Lipinski definition) is 1. The molecule has 4 aromatic rings. The normalized spacial score (nSPS) is 12.9. The topological polar surface area (TPSA) is 17.0 Å². The van der Waals surface area contributed by atoms with Crippen molar-refractivity contribution in [2.75, 3.05) is 5.32 Å². The Morgan fingerprint density at radius 1 is 1.00 bits per heavy atom. The first kappa shape index (κ1) is 23.2. The third-order valence-corrected chi connectivity index (χ3v) is 6.57.